The topological polar surface area (TPSA) is 9.23 Å². The van der Waals surface area contributed by atoms with Crippen molar-refractivity contribution in [1.82, 2.24) is 0 Å². The number of hydrogen-bond donors (Lipinski definition) is 0. The van der Waals surface area contributed by atoms with E-state index in [4.69, 9.17) is 4.52 Å². The summed E-state index contributed by atoms with van der Waals surface area (Å²) < 4.78 is 6.86. The molecule has 0 fully saturated rings. The standard InChI is InChI=1S/C22H25OP.BrH/c1-3-19-23-24(2,20-13-7-4-8-14-20,21-15-9-5-10-16-21)22-17-11-6-12-18-22;/h4-18H,3,19H2,1-2H3;1H. The van der Waals surface area contributed by atoms with Crippen molar-refractivity contribution in [1.29, 1.82) is 0 Å². The van der Waals surface area contributed by atoms with E-state index in [1.165, 1.54) is 15.9 Å². The molecule has 3 rings (SSSR count). The Balaban J connectivity index is 0.00000225. The van der Waals surface area contributed by atoms with Crippen LogP contribution in [0.25, 0.3) is 0 Å². The summed E-state index contributed by atoms with van der Waals surface area (Å²) in [5, 5.41) is 3.82. The van der Waals surface area contributed by atoms with E-state index in [0.717, 1.165) is 13.0 Å². The second-order valence-corrected chi connectivity index (χ2v) is 11.0. The third kappa shape index (κ3) is 3.44. The average Bonchev–Trinajstić information content (AvgIpc) is 2.68. The third-order valence-corrected chi connectivity index (χ3v) is 10.2. The Bertz CT molecular complexity index is 675. The zero-order chi connectivity index (χ0) is 16.9. The van der Waals surface area contributed by atoms with Crippen LogP contribution in [0.5, 0.6) is 0 Å². The summed E-state index contributed by atoms with van der Waals surface area (Å²) in [4.78, 5) is 0. The second kappa shape index (κ2) is 8.27. The molecule has 0 aromatic heterocycles. The number of halogens is 1. The van der Waals surface area contributed by atoms with Gasteiger partial charge in [0.1, 0.15) is 0 Å². The van der Waals surface area contributed by atoms with Gasteiger partial charge < -0.3 is 0 Å². The Hall–Kier alpha value is -1.47. The molecule has 0 N–H and O–H groups in total. The van der Waals surface area contributed by atoms with Crippen molar-refractivity contribution < 1.29 is 4.52 Å². The molecule has 0 bridgehead atoms. The average molecular weight is 417 g/mol. The first-order chi connectivity index (χ1) is 11.7. The van der Waals surface area contributed by atoms with Crippen LogP contribution in [0.3, 0.4) is 0 Å². The molecule has 0 radical (unpaired) electrons. The van der Waals surface area contributed by atoms with Crippen molar-refractivity contribution >= 4 is 39.7 Å². The number of rotatable bonds is 6. The van der Waals surface area contributed by atoms with E-state index in [1.54, 1.807) is 0 Å². The first-order valence-electron chi connectivity index (χ1n) is 8.53. The van der Waals surface area contributed by atoms with Gasteiger partial charge in [-0.2, -0.15) is 0 Å². The fourth-order valence-electron chi connectivity index (χ4n) is 3.35. The molecule has 0 aliphatic rings. The third-order valence-electron chi connectivity index (χ3n) is 4.75. The summed E-state index contributed by atoms with van der Waals surface area (Å²) >= 11 is 0. The molecule has 0 heterocycles. The normalized spacial score (nSPS) is 12.6. The molecule has 0 saturated heterocycles. The Morgan fingerprint density at radius 3 is 1.24 bits per heavy atom. The first kappa shape index (κ1) is 19.8. The van der Waals surface area contributed by atoms with Gasteiger partial charge in [-0.05, 0) is 0 Å². The Morgan fingerprint density at radius 2 is 0.960 bits per heavy atom. The molecule has 0 unspecified atom stereocenters. The summed E-state index contributed by atoms with van der Waals surface area (Å²) in [7, 11) is 0. The van der Waals surface area contributed by atoms with Crippen LogP contribution >= 0.6 is 23.8 Å². The fourth-order valence-corrected chi connectivity index (χ4v) is 8.00. The maximum atomic E-state index is 6.86. The molecule has 0 atom stereocenters. The van der Waals surface area contributed by atoms with E-state index in [-0.39, 0.29) is 17.0 Å². The van der Waals surface area contributed by atoms with E-state index in [2.05, 4.69) is 105 Å². The van der Waals surface area contributed by atoms with Gasteiger partial charge in [0, 0.05) is 0 Å². The molecule has 1 nitrogen and oxygen atoms in total. The van der Waals surface area contributed by atoms with Crippen molar-refractivity contribution in [2.45, 2.75) is 13.3 Å². The predicted octanol–water partition coefficient (Wildman–Crippen LogP) is 5.07. The summed E-state index contributed by atoms with van der Waals surface area (Å²) in [5.74, 6) is 0. The minimum atomic E-state index is -2.95. The molecule has 0 aliphatic heterocycles. The predicted molar refractivity (Wildman–Crippen MR) is 118 cm³/mol. The van der Waals surface area contributed by atoms with Crippen LogP contribution in [0.1, 0.15) is 13.3 Å². The molecular formula is C22H26BrOP. The Kier molecular flexibility index (Phi) is 6.57. The van der Waals surface area contributed by atoms with Crippen LogP contribution in [-0.2, 0) is 4.52 Å². The van der Waals surface area contributed by atoms with E-state index in [1.807, 2.05) is 0 Å². The van der Waals surface area contributed by atoms with Crippen molar-refractivity contribution in [3.8, 4) is 0 Å². The van der Waals surface area contributed by atoms with Crippen LogP contribution in [0.4, 0.5) is 0 Å². The summed E-state index contributed by atoms with van der Waals surface area (Å²) in [6, 6.07) is 32.2. The van der Waals surface area contributed by atoms with Gasteiger partial charge in [0.25, 0.3) is 0 Å². The van der Waals surface area contributed by atoms with Gasteiger partial charge in [-0.1, -0.05) is 0 Å². The molecule has 0 spiro atoms. The molecule has 0 saturated carbocycles. The molecule has 3 aromatic carbocycles. The van der Waals surface area contributed by atoms with Crippen LogP contribution in [0.2, 0.25) is 0 Å². The van der Waals surface area contributed by atoms with Crippen LogP contribution < -0.4 is 15.9 Å². The van der Waals surface area contributed by atoms with Gasteiger partial charge in [-0.15, -0.1) is 17.0 Å². The summed E-state index contributed by atoms with van der Waals surface area (Å²) in [6.45, 7) is 2.29. The Morgan fingerprint density at radius 1 is 0.640 bits per heavy atom. The molecular weight excluding hydrogens is 391 g/mol. The van der Waals surface area contributed by atoms with Crippen molar-refractivity contribution in [2.24, 2.45) is 0 Å². The van der Waals surface area contributed by atoms with Crippen LogP contribution in [-0.4, -0.2) is 13.3 Å². The first-order valence-corrected chi connectivity index (χ1v) is 11.1. The van der Waals surface area contributed by atoms with Crippen LogP contribution in [0, 0.1) is 0 Å². The summed E-state index contributed by atoms with van der Waals surface area (Å²) in [6.07, 6.45) is 0.998. The molecule has 3 aromatic rings. The minimum absolute atomic E-state index is 0. The zero-order valence-corrected chi connectivity index (χ0v) is 17.4. The quantitative estimate of drug-likeness (QED) is 0.509. The molecule has 3 heteroatoms. The van der Waals surface area contributed by atoms with Gasteiger partial charge in [0.15, 0.2) is 0 Å². The number of benzene rings is 3. The van der Waals surface area contributed by atoms with Crippen molar-refractivity contribution in [2.75, 3.05) is 13.3 Å². The SMILES string of the molecule is Br.CCCOP(C)(c1ccccc1)(c1ccccc1)c1ccccc1. The maximum absolute atomic E-state index is 6.86. The zero-order valence-electron chi connectivity index (χ0n) is 14.8. The van der Waals surface area contributed by atoms with Crippen molar-refractivity contribution in [3.05, 3.63) is 91.0 Å². The van der Waals surface area contributed by atoms with Crippen molar-refractivity contribution in [3.63, 3.8) is 0 Å². The van der Waals surface area contributed by atoms with Crippen LogP contribution in [0.15, 0.2) is 91.0 Å². The van der Waals surface area contributed by atoms with Gasteiger partial charge >= 0.3 is 145 Å². The molecule has 0 amide bonds. The van der Waals surface area contributed by atoms with E-state index < -0.39 is 6.83 Å². The van der Waals surface area contributed by atoms with Gasteiger partial charge in [-0.3, -0.25) is 0 Å². The van der Waals surface area contributed by atoms with E-state index >= 15 is 0 Å². The summed E-state index contributed by atoms with van der Waals surface area (Å²) in [5.41, 5.74) is 0. The molecule has 25 heavy (non-hydrogen) atoms. The second-order valence-electron chi connectivity index (χ2n) is 6.30. The molecule has 132 valence electrons. The van der Waals surface area contributed by atoms with E-state index in [0.29, 0.717) is 0 Å². The molecule has 0 aliphatic carbocycles. The Labute approximate surface area is 161 Å². The van der Waals surface area contributed by atoms with Gasteiger partial charge in [0.05, 0.1) is 0 Å². The van der Waals surface area contributed by atoms with Gasteiger partial charge in [0.2, 0.25) is 0 Å². The van der Waals surface area contributed by atoms with Gasteiger partial charge in [-0.25, -0.2) is 0 Å². The monoisotopic (exact) mass is 416 g/mol. The fraction of sp³-hybridized carbons (Fsp3) is 0.182. The number of hydrogen-bond acceptors (Lipinski definition) is 1. The van der Waals surface area contributed by atoms with E-state index in [9.17, 15) is 0 Å².